The Morgan fingerprint density at radius 3 is 3.11 bits per heavy atom. The molecule has 3 rings (SSSR count). The van der Waals surface area contributed by atoms with E-state index in [0.29, 0.717) is 34.8 Å². The van der Waals surface area contributed by atoms with E-state index in [4.69, 9.17) is 11.6 Å². The van der Waals surface area contributed by atoms with Crippen LogP contribution < -0.4 is 5.56 Å². The van der Waals surface area contributed by atoms with Gasteiger partial charge in [0.25, 0.3) is 5.56 Å². The highest BCUT2D eigenvalue weighted by Gasteiger charge is 2.20. The van der Waals surface area contributed by atoms with Crippen molar-refractivity contribution in [3.8, 4) is 0 Å². The Morgan fingerprint density at radius 1 is 1.53 bits per heavy atom. The van der Waals surface area contributed by atoms with Crippen LogP contribution >= 0.6 is 11.6 Å². The molecule has 1 unspecified atom stereocenters. The number of hydrogen-bond donors (Lipinski definition) is 2. The molecule has 1 saturated heterocycles. The van der Waals surface area contributed by atoms with Crippen molar-refractivity contribution in [3.05, 3.63) is 39.4 Å². The second-order valence-electron chi connectivity index (χ2n) is 4.85. The minimum atomic E-state index is -0.272. The first-order valence-electron chi connectivity index (χ1n) is 6.21. The summed E-state index contributed by atoms with van der Waals surface area (Å²) in [6.07, 6.45) is 0.499. The lowest BCUT2D eigenvalue weighted by atomic mass is 10.2. The van der Waals surface area contributed by atoms with Crippen molar-refractivity contribution >= 4 is 22.5 Å². The fourth-order valence-electron chi connectivity index (χ4n) is 2.40. The zero-order valence-electron chi connectivity index (χ0n) is 10.3. The van der Waals surface area contributed by atoms with Crippen molar-refractivity contribution in [1.82, 2.24) is 14.9 Å². The second-order valence-corrected chi connectivity index (χ2v) is 5.29. The van der Waals surface area contributed by atoms with Gasteiger partial charge in [0.15, 0.2) is 0 Å². The number of likely N-dealkylation sites (tertiary alicyclic amines) is 1. The molecule has 0 bridgehead atoms. The molecule has 0 amide bonds. The SMILES string of the molecule is O=c1[nH]c(CN2CCC(O)C2)nc2ccc(Cl)cc12. The van der Waals surface area contributed by atoms with Gasteiger partial charge in [0.2, 0.25) is 0 Å². The lowest BCUT2D eigenvalue weighted by molar-refractivity contribution is 0.174. The van der Waals surface area contributed by atoms with Crippen LogP contribution in [0.1, 0.15) is 12.2 Å². The zero-order valence-corrected chi connectivity index (χ0v) is 11.0. The van der Waals surface area contributed by atoms with Crippen molar-refractivity contribution < 1.29 is 5.11 Å². The average molecular weight is 280 g/mol. The Labute approximate surface area is 114 Å². The molecule has 1 aromatic heterocycles. The first kappa shape index (κ1) is 12.6. The van der Waals surface area contributed by atoms with Gasteiger partial charge in [-0.3, -0.25) is 9.69 Å². The number of H-pyrrole nitrogens is 1. The monoisotopic (exact) mass is 279 g/mol. The van der Waals surface area contributed by atoms with Gasteiger partial charge in [0.1, 0.15) is 5.82 Å². The van der Waals surface area contributed by atoms with Crippen molar-refractivity contribution in [2.24, 2.45) is 0 Å². The summed E-state index contributed by atoms with van der Waals surface area (Å²) >= 11 is 5.87. The summed E-state index contributed by atoms with van der Waals surface area (Å²) in [5.74, 6) is 0.619. The number of aliphatic hydroxyl groups is 1. The topological polar surface area (TPSA) is 69.2 Å². The third-order valence-corrected chi connectivity index (χ3v) is 3.57. The largest absolute Gasteiger partial charge is 0.392 e. The van der Waals surface area contributed by atoms with Crippen LogP contribution in [0.15, 0.2) is 23.0 Å². The van der Waals surface area contributed by atoms with Gasteiger partial charge in [-0.25, -0.2) is 4.98 Å². The van der Waals surface area contributed by atoms with Gasteiger partial charge in [-0.1, -0.05) is 11.6 Å². The number of fused-ring (bicyclic) bond motifs is 1. The van der Waals surface area contributed by atoms with E-state index in [9.17, 15) is 9.90 Å². The molecule has 1 aromatic carbocycles. The van der Waals surface area contributed by atoms with Crippen LogP contribution in [0.5, 0.6) is 0 Å². The Kier molecular flexibility index (Phi) is 3.26. The van der Waals surface area contributed by atoms with Crippen LogP contribution in [-0.2, 0) is 6.54 Å². The molecule has 0 saturated carbocycles. The minimum Gasteiger partial charge on any atom is -0.392 e. The first-order chi connectivity index (χ1) is 9.11. The number of aliphatic hydroxyl groups excluding tert-OH is 1. The van der Waals surface area contributed by atoms with Crippen LogP contribution in [0.25, 0.3) is 10.9 Å². The molecule has 5 nitrogen and oxygen atoms in total. The summed E-state index contributed by atoms with van der Waals surface area (Å²) in [6.45, 7) is 2.00. The number of aromatic nitrogens is 2. The molecule has 0 spiro atoms. The summed E-state index contributed by atoms with van der Waals surface area (Å²) in [7, 11) is 0. The van der Waals surface area contributed by atoms with E-state index in [-0.39, 0.29) is 11.7 Å². The van der Waals surface area contributed by atoms with Crippen molar-refractivity contribution in [3.63, 3.8) is 0 Å². The van der Waals surface area contributed by atoms with E-state index in [0.717, 1.165) is 13.0 Å². The van der Waals surface area contributed by atoms with Crippen LogP contribution in [0.2, 0.25) is 5.02 Å². The molecule has 1 fully saturated rings. The molecule has 2 heterocycles. The Hall–Kier alpha value is -1.43. The summed E-state index contributed by atoms with van der Waals surface area (Å²) in [5.41, 5.74) is 0.463. The van der Waals surface area contributed by atoms with Gasteiger partial charge < -0.3 is 10.1 Å². The Morgan fingerprint density at radius 2 is 2.37 bits per heavy atom. The number of rotatable bonds is 2. The van der Waals surface area contributed by atoms with Gasteiger partial charge in [0, 0.05) is 18.1 Å². The molecule has 2 aromatic rings. The van der Waals surface area contributed by atoms with Crippen molar-refractivity contribution in [2.45, 2.75) is 19.1 Å². The molecular weight excluding hydrogens is 266 g/mol. The summed E-state index contributed by atoms with van der Waals surface area (Å²) in [4.78, 5) is 21.2. The number of nitrogens with zero attached hydrogens (tertiary/aromatic N) is 2. The number of nitrogens with one attached hydrogen (secondary N) is 1. The maximum Gasteiger partial charge on any atom is 0.258 e. The number of hydrogen-bond acceptors (Lipinski definition) is 4. The predicted molar refractivity (Wildman–Crippen MR) is 73.3 cm³/mol. The van der Waals surface area contributed by atoms with E-state index in [2.05, 4.69) is 14.9 Å². The summed E-state index contributed by atoms with van der Waals surface area (Å²) in [5, 5.41) is 10.5. The first-order valence-corrected chi connectivity index (χ1v) is 6.58. The van der Waals surface area contributed by atoms with Gasteiger partial charge in [-0.05, 0) is 24.6 Å². The van der Waals surface area contributed by atoms with E-state index < -0.39 is 0 Å². The maximum absolute atomic E-state index is 12.0. The predicted octanol–water partition coefficient (Wildman–Crippen LogP) is 1.14. The van der Waals surface area contributed by atoms with Gasteiger partial charge in [0.05, 0.1) is 23.6 Å². The number of β-amino-alcohol motifs (C(OH)–C–C–N with tert-alkyl or cyclic N) is 1. The standard InChI is InChI=1S/C13H14ClN3O2/c14-8-1-2-11-10(5-8)13(19)16-12(15-11)7-17-4-3-9(18)6-17/h1-2,5,9,18H,3-4,6-7H2,(H,15,16,19). The normalized spacial score (nSPS) is 20.2. The highest BCUT2D eigenvalue weighted by Crippen LogP contribution is 2.16. The highest BCUT2D eigenvalue weighted by molar-refractivity contribution is 6.31. The smallest absolute Gasteiger partial charge is 0.258 e. The average Bonchev–Trinajstić information content (AvgIpc) is 2.76. The highest BCUT2D eigenvalue weighted by atomic mass is 35.5. The maximum atomic E-state index is 12.0. The van der Waals surface area contributed by atoms with Crippen molar-refractivity contribution in [2.75, 3.05) is 13.1 Å². The lowest BCUT2D eigenvalue weighted by Gasteiger charge is -2.14. The molecule has 1 atom stereocenters. The lowest BCUT2D eigenvalue weighted by Crippen LogP contribution is -2.24. The zero-order chi connectivity index (χ0) is 13.4. The van der Waals surface area contributed by atoms with Crippen LogP contribution in [-0.4, -0.2) is 39.2 Å². The quantitative estimate of drug-likeness (QED) is 0.865. The summed E-state index contributed by atoms with van der Waals surface area (Å²) in [6, 6.07) is 5.08. The van der Waals surface area contributed by atoms with Gasteiger partial charge in [-0.2, -0.15) is 0 Å². The fraction of sp³-hybridized carbons (Fsp3) is 0.385. The van der Waals surface area contributed by atoms with Crippen LogP contribution in [0.3, 0.4) is 0 Å². The van der Waals surface area contributed by atoms with Crippen LogP contribution in [0.4, 0.5) is 0 Å². The van der Waals surface area contributed by atoms with E-state index in [1.165, 1.54) is 0 Å². The fourth-order valence-corrected chi connectivity index (χ4v) is 2.57. The van der Waals surface area contributed by atoms with Gasteiger partial charge in [-0.15, -0.1) is 0 Å². The number of aromatic amines is 1. The molecule has 2 N–H and O–H groups in total. The molecule has 1 aliphatic heterocycles. The van der Waals surface area contributed by atoms with E-state index in [1.807, 2.05) is 0 Å². The second kappa shape index (κ2) is 4.92. The minimum absolute atomic E-state index is 0.178. The molecule has 100 valence electrons. The molecule has 19 heavy (non-hydrogen) atoms. The summed E-state index contributed by atoms with van der Waals surface area (Å²) < 4.78 is 0. The Bertz CT molecular complexity index is 670. The van der Waals surface area contributed by atoms with E-state index >= 15 is 0 Å². The Balaban J connectivity index is 1.93. The molecule has 0 aliphatic carbocycles. The third-order valence-electron chi connectivity index (χ3n) is 3.34. The third kappa shape index (κ3) is 2.63. The molecule has 6 heteroatoms. The van der Waals surface area contributed by atoms with E-state index in [1.54, 1.807) is 18.2 Å². The number of halogens is 1. The van der Waals surface area contributed by atoms with Crippen LogP contribution in [0, 0.1) is 0 Å². The number of benzene rings is 1. The van der Waals surface area contributed by atoms with Gasteiger partial charge >= 0.3 is 0 Å². The van der Waals surface area contributed by atoms with Crippen molar-refractivity contribution in [1.29, 1.82) is 0 Å². The molecular formula is C13H14ClN3O2. The molecule has 1 aliphatic rings. The molecule has 0 radical (unpaired) electrons.